The normalized spacial score (nSPS) is 12.7. The quantitative estimate of drug-likeness (QED) is 0.337. The van der Waals surface area contributed by atoms with E-state index in [1.165, 1.54) is 0 Å². The minimum absolute atomic E-state index is 0.226. The molecule has 1 aromatic carbocycles. The number of oxime groups is 1. The monoisotopic (exact) mass is 321 g/mol. The second-order valence-electron chi connectivity index (χ2n) is 4.58. The third-order valence-electron chi connectivity index (χ3n) is 2.85. The Hall–Kier alpha value is -2.07. The van der Waals surface area contributed by atoms with Crippen molar-refractivity contribution in [3.8, 4) is 0 Å². The van der Waals surface area contributed by atoms with Crippen LogP contribution in [0.2, 0.25) is 0 Å². The van der Waals surface area contributed by atoms with E-state index >= 15 is 0 Å². The zero-order valence-corrected chi connectivity index (χ0v) is 13.5. The van der Waals surface area contributed by atoms with Gasteiger partial charge in [0.2, 0.25) is 0 Å². The number of rotatable bonds is 8. The molecule has 0 fully saturated rings. The minimum atomic E-state index is -0.963. The van der Waals surface area contributed by atoms with Crippen molar-refractivity contribution in [2.45, 2.75) is 20.3 Å². The Balaban J connectivity index is 2.73. The van der Waals surface area contributed by atoms with Crippen LogP contribution >= 0.6 is 11.6 Å². The van der Waals surface area contributed by atoms with Gasteiger partial charge in [0.05, 0.1) is 11.3 Å². The molecule has 0 atom stereocenters. The standard InChI is InChI=1S/C17H20ClNO3/c1-3-6-14(7-5-10-18)12-22-19-13(2)15-8-4-9-16(11-15)17(20)21/h4-9,11H,3,10,12H2,1-2H3,(H,20,21)/b7-5-,14-6+,19-13+. The minimum Gasteiger partial charge on any atom is -0.478 e. The van der Waals surface area contributed by atoms with E-state index in [-0.39, 0.29) is 5.56 Å². The molecule has 0 bridgehead atoms. The van der Waals surface area contributed by atoms with Gasteiger partial charge in [-0.3, -0.25) is 0 Å². The summed E-state index contributed by atoms with van der Waals surface area (Å²) >= 11 is 5.62. The van der Waals surface area contributed by atoms with Crippen molar-refractivity contribution in [3.05, 3.63) is 59.2 Å². The molecule has 0 aliphatic carbocycles. The van der Waals surface area contributed by atoms with Crippen LogP contribution < -0.4 is 0 Å². The molecule has 0 unspecified atom stereocenters. The summed E-state index contributed by atoms with van der Waals surface area (Å²) in [6, 6.07) is 6.59. The third kappa shape index (κ3) is 6.14. The average Bonchev–Trinajstić information content (AvgIpc) is 2.52. The number of nitrogens with zero attached hydrogens (tertiary/aromatic N) is 1. The molecule has 1 rings (SSSR count). The van der Waals surface area contributed by atoms with Gasteiger partial charge in [-0.15, -0.1) is 11.6 Å². The van der Waals surface area contributed by atoms with Crippen molar-refractivity contribution < 1.29 is 14.7 Å². The van der Waals surface area contributed by atoms with Gasteiger partial charge in [0, 0.05) is 5.88 Å². The summed E-state index contributed by atoms with van der Waals surface area (Å²) in [5.74, 6) is -0.513. The van der Waals surface area contributed by atoms with Crippen LogP contribution in [0.5, 0.6) is 0 Å². The zero-order valence-electron chi connectivity index (χ0n) is 12.8. The van der Waals surface area contributed by atoms with Gasteiger partial charge in [-0.05, 0) is 36.6 Å². The molecule has 0 spiro atoms. The van der Waals surface area contributed by atoms with Gasteiger partial charge in [0.25, 0.3) is 0 Å². The van der Waals surface area contributed by atoms with E-state index < -0.39 is 5.97 Å². The molecule has 1 aromatic rings. The summed E-state index contributed by atoms with van der Waals surface area (Å²) in [6.07, 6.45) is 6.69. The number of carbonyl (C=O) groups is 1. The summed E-state index contributed by atoms with van der Waals surface area (Å²) in [6.45, 7) is 4.16. The highest BCUT2D eigenvalue weighted by Crippen LogP contribution is 2.08. The zero-order chi connectivity index (χ0) is 16.4. The Kier molecular flexibility index (Phi) is 8.00. The number of aromatic carboxylic acids is 1. The summed E-state index contributed by atoms with van der Waals surface area (Å²) < 4.78 is 0. The topological polar surface area (TPSA) is 58.9 Å². The molecule has 118 valence electrons. The number of hydrogen-bond donors (Lipinski definition) is 1. The highest BCUT2D eigenvalue weighted by molar-refractivity contribution is 6.18. The average molecular weight is 322 g/mol. The Bertz CT molecular complexity index is 591. The fourth-order valence-corrected chi connectivity index (χ4v) is 1.86. The summed E-state index contributed by atoms with van der Waals surface area (Å²) in [7, 11) is 0. The van der Waals surface area contributed by atoms with E-state index in [2.05, 4.69) is 5.16 Å². The molecule has 0 saturated heterocycles. The van der Waals surface area contributed by atoms with E-state index in [0.717, 1.165) is 17.6 Å². The maximum Gasteiger partial charge on any atom is 0.335 e. The van der Waals surface area contributed by atoms with Gasteiger partial charge < -0.3 is 9.94 Å². The smallest absolute Gasteiger partial charge is 0.335 e. The molecule has 0 aliphatic rings. The predicted molar refractivity (Wildman–Crippen MR) is 89.8 cm³/mol. The first-order valence-electron chi connectivity index (χ1n) is 7.00. The maximum atomic E-state index is 11.0. The van der Waals surface area contributed by atoms with Gasteiger partial charge in [0.15, 0.2) is 0 Å². The van der Waals surface area contributed by atoms with E-state index in [1.807, 2.05) is 25.2 Å². The van der Waals surface area contributed by atoms with E-state index in [4.69, 9.17) is 21.5 Å². The molecule has 0 saturated carbocycles. The number of carboxylic acid groups (broad SMARTS) is 1. The lowest BCUT2D eigenvalue weighted by molar-refractivity contribution is 0.0697. The molecule has 5 heteroatoms. The van der Waals surface area contributed by atoms with Gasteiger partial charge in [-0.25, -0.2) is 4.79 Å². The van der Waals surface area contributed by atoms with Crippen LogP contribution in [0.4, 0.5) is 0 Å². The van der Waals surface area contributed by atoms with Crippen LogP contribution in [0.3, 0.4) is 0 Å². The van der Waals surface area contributed by atoms with Crippen LogP contribution in [0.25, 0.3) is 0 Å². The van der Waals surface area contributed by atoms with E-state index in [9.17, 15) is 4.79 Å². The molecule has 0 aliphatic heterocycles. The highest BCUT2D eigenvalue weighted by atomic mass is 35.5. The van der Waals surface area contributed by atoms with E-state index in [1.54, 1.807) is 31.2 Å². The summed E-state index contributed by atoms with van der Waals surface area (Å²) in [5.41, 5.74) is 2.57. The second-order valence-corrected chi connectivity index (χ2v) is 4.89. The molecule has 0 amide bonds. The largest absolute Gasteiger partial charge is 0.478 e. The van der Waals surface area contributed by atoms with Gasteiger partial charge >= 0.3 is 5.97 Å². The second kappa shape index (κ2) is 9.79. The maximum absolute atomic E-state index is 11.0. The Labute approximate surface area is 135 Å². The summed E-state index contributed by atoms with van der Waals surface area (Å²) in [5, 5.41) is 13.0. The Morgan fingerprint density at radius 1 is 1.41 bits per heavy atom. The third-order valence-corrected chi connectivity index (χ3v) is 3.03. The predicted octanol–water partition coefficient (Wildman–Crippen LogP) is 4.26. The number of benzene rings is 1. The van der Waals surface area contributed by atoms with Crippen molar-refractivity contribution in [2.75, 3.05) is 12.5 Å². The van der Waals surface area contributed by atoms with Crippen LogP contribution in [0.15, 0.2) is 53.2 Å². The number of hydrogen-bond acceptors (Lipinski definition) is 3. The first-order valence-corrected chi connectivity index (χ1v) is 7.53. The molecular weight excluding hydrogens is 302 g/mol. The Morgan fingerprint density at radius 2 is 2.14 bits per heavy atom. The van der Waals surface area contributed by atoms with Crippen LogP contribution in [0, 0.1) is 0 Å². The van der Waals surface area contributed by atoms with E-state index in [0.29, 0.717) is 18.2 Å². The van der Waals surface area contributed by atoms with Crippen molar-refractivity contribution >= 4 is 23.3 Å². The van der Waals surface area contributed by atoms with Gasteiger partial charge in [0.1, 0.15) is 6.61 Å². The number of allylic oxidation sites excluding steroid dienone is 2. The lowest BCUT2D eigenvalue weighted by Crippen LogP contribution is -2.02. The Morgan fingerprint density at radius 3 is 2.77 bits per heavy atom. The fraction of sp³-hybridized carbons (Fsp3) is 0.294. The van der Waals surface area contributed by atoms with Crippen molar-refractivity contribution in [1.82, 2.24) is 0 Å². The first kappa shape index (κ1) is 18.0. The molecule has 0 radical (unpaired) electrons. The molecular formula is C17H20ClNO3. The number of halogens is 1. The molecule has 4 nitrogen and oxygen atoms in total. The first-order chi connectivity index (χ1) is 10.6. The van der Waals surface area contributed by atoms with Crippen molar-refractivity contribution in [1.29, 1.82) is 0 Å². The van der Waals surface area contributed by atoms with Gasteiger partial charge in [-0.1, -0.05) is 42.4 Å². The van der Waals surface area contributed by atoms with Crippen molar-refractivity contribution in [2.24, 2.45) is 5.16 Å². The van der Waals surface area contributed by atoms with Crippen molar-refractivity contribution in [3.63, 3.8) is 0 Å². The highest BCUT2D eigenvalue weighted by Gasteiger charge is 2.05. The summed E-state index contributed by atoms with van der Waals surface area (Å²) in [4.78, 5) is 16.3. The van der Waals surface area contributed by atoms with Crippen LogP contribution in [-0.4, -0.2) is 29.3 Å². The SMILES string of the molecule is CC/C=C(\C=C/CCl)CO/N=C(\C)c1cccc(C(=O)O)c1. The lowest BCUT2D eigenvalue weighted by Gasteiger charge is -2.04. The lowest BCUT2D eigenvalue weighted by atomic mass is 10.1. The number of alkyl halides is 1. The molecule has 1 N–H and O–H groups in total. The molecule has 22 heavy (non-hydrogen) atoms. The number of carboxylic acids is 1. The molecule has 0 heterocycles. The van der Waals surface area contributed by atoms with Gasteiger partial charge in [-0.2, -0.15) is 0 Å². The fourth-order valence-electron chi connectivity index (χ4n) is 1.77. The van der Waals surface area contributed by atoms with Crippen LogP contribution in [0.1, 0.15) is 36.2 Å². The van der Waals surface area contributed by atoms with Crippen LogP contribution in [-0.2, 0) is 4.84 Å². The molecule has 0 aromatic heterocycles.